The molecule has 0 radical (unpaired) electrons. The van der Waals surface area contributed by atoms with Gasteiger partial charge < -0.3 is 9.80 Å². The van der Waals surface area contributed by atoms with E-state index >= 15 is 0 Å². The van der Waals surface area contributed by atoms with E-state index in [0.717, 1.165) is 6.54 Å². The van der Waals surface area contributed by atoms with E-state index < -0.39 is 11.3 Å². The van der Waals surface area contributed by atoms with Crippen molar-refractivity contribution in [1.29, 1.82) is 0 Å². The lowest BCUT2D eigenvalue weighted by atomic mass is 9.84. The summed E-state index contributed by atoms with van der Waals surface area (Å²) in [6.45, 7) is 14.2. The highest BCUT2D eigenvalue weighted by Gasteiger charge is 2.56. The van der Waals surface area contributed by atoms with Crippen LogP contribution in [0.25, 0.3) is 0 Å². The van der Waals surface area contributed by atoms with Gasteiger partial charge >= 0.3 is 0 Å². The zero-order chi connectivity index (χ0) is 15.2. The van der Waals surface area contributed by atoms with Crippen LogP contribution < -0.4 is 5.32 Å². The molecule has 0 saturated carbocycles. The van der Waals surface area contributed by atoms with E-state index in [9.17, 15) is 9.59 Å². The highest BCUT2D eigenvalue weighted by Crippen LogP contribution is 2.46. The number of hydrogen-bond donors (Lipinski definition) is 1. The van der Waals surface area contributed by atoms with Crippen LogP contribution in [0.3, 0.4) is 0 Å². The lowest BCUT2D eigenvalue weighted by Gasteiger charge is -2.35. The molecule has 2 heterocycles. The summed E-state index contributed by atoms with van der Waals surface area (Å²) in [5.41, 5.74) is -0.358. The standard InChI is InChI=1S/C16H28N2O2/c1-12(2)18-8-6-16(11-18,7-9-18)10-17-14(20)13(19)15(3,4)5/h12H,6-11H2,1-5H3/p+1. The monoisotopic (exact) mass is 281 g/mol. The van der Waals surface area contributed by atoms with Crippen molar-refractivity contribution in [2.45, 2.75) is 53.5 Å². The smallest absolute Gasteiger partial charge is 0.287 e. The summed E-state index contributed by atoms with van der Waals surface area (Å²) in [7, 11) is 0. The Bertz CT molecular complexity index is 413. The molecule has 0 aromatic carbocycles. The Hall–Kier alpha value is -0.900. The average molecular weight is 281 g/mol. The third-order valence-corrected chi connectivity index (χ3v) is 5.43. The Balaban J connectivity index is 1.93. The molecule has 2 fully saturated rings. The topological polar surface area (TPSA) is 46.2 Å². The molecule has 0 spiro atoms. The van der Waals surface area contributed by atoms with Gasteiger partial charge in [0.05, 0.1) is 25.7 Å². The third-order valence-electron chi connectivity index (χ3n) is 5.43. The molecule has 0 aromatic rings. The first-order valence-electron chi connectivity index (χ1n) is 7.79. The molecule has 2 rings (SSSR count). The number of hydrogen-bond acceptors (Lipinski definition) is 2. The number of fused-ring (bicyclic) bond motifs is 2. The van der Waals surface area contributed by atoms with Gasteiger partial charge in [-0.1, -0.05) is 20.8 Å². The van der Waals surface area contributed by atoms with Gasteiger partial charge in [0, 0.05) is 30.2 Å². The molecule has 2 saturated heterocycles. The highest BCUT2D eigenvalue weighted by molar-refractivity contribution is 6.37. The van der Waals surface area contributed by atoms with Crippen molar-refractivity contribution in [2.24, 2.45) is 10.8 Å². The van der Waals surface area contributed by atoms with Crippen LogP contribution in [0, 0.1) is 10.8 Å². The second kappa shape index (κ2) is 4.83. The zero-order valence-electron chi connectivity index (χ0n) is 13.6. The molecule has 4 nitrogen and oxygen atoms in total. The SMILES string of the molecule is CC(C)[N+]12CCC(CNC(=O)C(=O)C(C)(C)C)(CC1)C2. The van der Waals surface area contributed by atoms with Crippen molar-refractivity contribution < 1.29 is 14.1 Å². The van der Waals surface area contributed by atoms with Crippen molar-refractivity contribution in [3.05, 3.63) is 0 Å². The molecule has 0 aliphatic carbocycles. The first-order valence-corrected chi connectivity index (χ1v) is 7.79. The maximum Gasteiger partial charge on any atom is 0.287 e. The number of amides is 1. The third kappa shape index (κ3) is 2.62. The molecule has 1 N–H and O–H groups in total. The molecule has 2 aliphatic rings. The Morgan fingerprint density at radius 3 is 2.15 bits per heavy atom. The molecule has 0 aromatic heterocycles. The van der Waals surface area contributed by atoms with Crippen LogP contribution in [0.15, 0.2) is 0 Å². The molecule has 4 heteroatoms. The molecule has 0 atom stereocenters. The highest BCUT2D eigenvalue weighted by atomic mass is 16.2. The summed E-state index contributed by atoms with van der Waals surface area (Å²) >= 11 is 0. The van der Waals surface area contributed by atoms with Crippen LogP contribution in [0.1, 0.15) is 47.5 Å². The Kier molecular flexibility index (Phi) is 3.74. The molecule has 0 unspecified atom stereocenters. The van der Waals surface area contributed by atoms with Crippen molar-refractivity contribution in [2.75, 3.05) is 26.2 Å². The predicted molar refractivity (Wildman–Crippen MR) is 79.1 cm³/mol. The van der Waals surface area contributed by atoms with Crippen molar-refractivity contribution in [3.8, 4) is 0 Å². The summed E-state index contributed by atoms with van der Waals surface area (Å²) in [4.78, 5) is 23.9. The molecular weight excluding hydrogens is 252 g/mol. The van der Waals surface area contributed by atoms with Crippen LogP contribution in [0.2, 0.25) is 0 Å². The number of quaternary nitrogens is 1. The van der Waals surface area contributed by atoms with Gasteiger partial charge in [-0.2, -0.15) is 0 Å². The van der Waals surface area contributed by atoms with Gasteiger partial charge in [-0.3, -0.25) is 9.59 Å². The van der Waals surface area contributed by atoms with E-state index in [2.05, 4.69) is 19.2 Å². The lowest BCUT2D eigenvalue weighted by molar-refractivity contribution is -0.929. The fourth-order valence-corrected chi connectivity index (χ4v) is 3.76. The van der Waals surface area contributed by atoms with Crippen molar-refractivity contribution in [1.82, 2.24) is 5.32 Å². The maximum absolute atomic E-state index is 12.0. The second-order valence-corrected chi connectivity index (χ2v) is 8.18. The van der Waals surface area contributed by atoms with Gasteiger partial charge in [0.2, 0.25) is 5.78 Å². The van der Waals surface area contributed by atoms with E-state index in [1.165, 1.54) is 30.4 Å². The van der Waals surface area contributed by atoms with Crippen LogP contribution in [-0.2, 0) is 9.59 Å². The van der Waals surface area contributed by atoms with E-state index in [0.29, 0.717) is 12.6 Å². The number of nitrogens with zero attached hydrogens (tertiary/aromatic N) is 1. The summed E-state index contributed by atoms with van der Waals surface area (Å²) in [6.07, 6.45) is 2.35. The van der Waals surface area contributed by atoms with Gasteiger partial charge in [0.1, 0.15) is 0 Å². The number of ketones is 1. The number of rotatable bonds is 4. The van der Waals surface area contributed by atoms with Crippen molar-refractivity contribution in [3.63, 3.8) is 0 Å². The van der Waals surface area contributed by atoms with Gasteiger partial charge in [-0.05, 0) is 13.8 Å². The van der Waals surface area contributed by atoms with Gasteiger partial charge in [-0.25, -0.2) is 0 Å². The first-order chi connectivity index (χ1) is 9.10. The minimum atomic E-state index is -0.592. The predicted octanol–water partition coefficient (Wildman–Crippen LogP) is 1.74. The Morgan fingerprint density at radius 1 is 1.20 bits per heavy atom. The van der Waals surface area contributed by atoms with E-state index in [1.807, 2.05) is 0 Å². The molecule has 114 valence electrons. The largest absolute Gasteiger partial charge is 0.349 e. The quantitative estimate of drug-likeness (QED) is 0.630. The summed E-state index contributed by atoms with van der Waals surface area (Å²) in [5.74, 6) is -0.720. The number of nitrogens with one attached hydrogen (secondary N) is 1. The molecule has 20 heavy (non-hydrogen) atoms. The minimum absolute atomic E-state index is 0.234. The minimum Gasteiger partial charge on any atom is -0.349 e. The van der Waals surface area contributed by atoms with E-state index in [1.54, 1.807) is 20.8 Å². The van der Waals surface area contributed by atoms with Crippen LogP contribution in [-0.4, -0.2) is 48.4 Å². The fourth-order valence-electron chi connectivity index (χ4n) is 3.76. The summed E-state index contributed by atoms with van der Waals surface area (Å²) in [5, 5.41) is 2.91. The van der Waals surface area contributed by atoms with Crippen molar-refractivity contribution >= 4 is 11.7 Å². The van der Waals surface area contributed by atoms with Crippen LogP contribution in [0.5, 0.6) is 0 Å². The molecule has 2 aliphatic heterocycles. The maximum atomic E-state index is 12.0. The summed E-state index contributed by atoms with van der Waals surface area (Å²) < 4.78 is 1.20. The summed E-state index contributed by atoms with van der Waals surface area (Å²) in [6, 6.07) is 0.659. The molecular formula is C16H29N2O2+. The van der Waals surface area contributed by atoms with Gasteiger partial charge in [0.25, 0.3) is 5.91 Å². The molecule has 1 amide bonds. The molecule has 2 bridgehead atoms. The number of carbonyl (C=O) groups excluding carboxylic acids is 2. The zero-order valence-corrected chi connectivity index (χ0v) is 13.6. The number of Topliss-reactive ketones (excluding diaryl/α,β-unsaturated/α-hetero) is 1. The van der Waals surface area contributed by atoms with Crippen LogP contribution in [0.4, 0.5) is 0 Å². The number of carbonyl (C=O) groups is 2. The van der Waals surface area contributed by atoms with Gasteiger partial charge in [-0.15, -0.1) is 0 Å². The van der Waals surface area contributed by atoms with E-state index in [-0.39, 0.29) is 11.2 Å². The second-order valence-electron chi connectivity index (χ2n) is 8.18. The Morgan fingerprint density at radius 2 is 1.75 bits per heavy atom. The first kappa shape index (κ1) is 15.5. The van der Waals surface area contributed by atoms with E-state index in [4.69, 9.17) is 0 Å². The van der Waals surface area contributed by atoms with Crippen LogP contribution >= 0.6 is 0 Å². The Labute approximate surface area is 122 Å². The number of piperidine rings is 1. The van der Waals surface area contributed by atoms with Gasteiger partial charge in [0.15, 0.2) is 0 Å². The average Bonchev–Trinajstić information content (AvgIpc) is 2.91. The normalized spacial score (nSPS) is 32.7. The fraction of sp³-hybridized carbons (Fsp3) is 0.875. The lowest BCUT2D eigenvalue weighted by Crippen LogP contribution is -2.49.